The largest absolute Gasteiger partial charge is 0.344 e. The zero-order valence-corrected chi connectivity index (χ0v) is 34.9. The molecule has 1 aromatic heterocycles. The maximum atomic E-state index is 5.16. The van der Waals surface area contributed by atoms with Crippen molar-refractivity contribution in [2.45, 2.75) is 25.7 Å². The number of hydrogen-bond donors (Lipinski definition) is 1. The monoisotopic (exact) mass is 832 g/mol. The van der Waals surface area contributed by atoms with Crippen LogP contribution in [0.2, 0.25) is 0 Å². The van der Waals surface area contributed by atoms with Crippen LogP contribution in [0.25, 0.3) is 56.4 Å². The average Bonchev–Trinajstić information content (AvgIpc) is 3.36. The first-order valence-electron chi connectivity index (χ1n) is 20.4. The summed E-state index contributed by atoms with van der Waals surface area (Å²) >= 11 is 3.62. The minimum Gasteiger partial charge on any atom is -0.344 e. The number of nitrogens with one attached hydrogen (secondary N) is 1. The molecule has 294 valence electrons. The van der Waals surface area contributed by atoms with Gasteiger partial charge in [-0.25, -0.2) is 24.9 Å². The summed E-state index contributed by atoms with van der Waals surface area (Å²) in [6.07, 6.45) is -0.317. The van der Waals surface area contributed by atoms with Crippen molar-refractivity contribution in [3.8, 4) is 56.4 Å². The fraction of sp³-hybridized carbons (Fsp3) is 0.0185. The number of hydrogen-bond acceptors (Lipinski definition) is 8. The molecule has 6 nitrogen and oxygen atoms in total. The topological polar surface area (TPSA) is 75.4 Å². The minimum absolute atomic E-state index is 0.317. The van der Waals surface area contributed by atoms with Crippen LogP contribution in [0.1, 0.15) is 22.9 Å². The van der Waals surface area contributed by atoms with Gasteiger partial charge in [0.25, 0.3) is 0 Å². The van der Waals surface area contributed by atoms with Crippen LogP contribution in [0, 0.1) is 0 Å². The van der Waals surface area contributed by atoms with Crippen LogP contribution in [0.15, 0.2) is 236 Å². The van der Waals surface area contributed by atoms with Gasteiger partial charge in [0.05, 0.1) is 0 Å². The first-order chi connectivity index (χ1) is 30.7. The van der Waals surface area contributed by atoms with Crippen LogP contribution >= 0.6 is 23.5 Å². The van der Waals surface area contributed by atoms with Gasteiger partial charge < -0.3 is 5.32 Å². The predicted octanol–water partition coefficient (Wildman–Crippen LogP) is 13.3. The Labute approximate surface area is 368 Å². The van der Waals surface area contributed by atoms with E-state index in [1.807, 2.05) is 90.6 Å². The zero-order chi connectivity index (χ0) is 41.2. The highest BCUT2D eigenvalue weighted by Gasteiger charge is 2.26. The lowest BCUT2D eigenvalue weighted by atomic mass is 9.98. The summed E-state index contributed by atoms with van der Waals surface area (Å²) in [6.45, 7) is 0. The molecule has 0 spiro atoms. The van der Waals surface area contributed by atoms with Crippen LogP contribution in [0.5, 0.6) is 0 Å². The maximum absolute atomic E-state index is 5.16. The van der Waals surface area contributed by atoms with Crippen molar-refractivity contribution in [1.82, 2.24) is 20.3 Å². The fourth-order valence-electron chi connectivity index (χ4n) is 7.70. The Morgan fingerprint density at radius 3 is 1.47 bits per heavy atom. The van der Waals surface area contributed by atoms with Gasteiger partial charge in [-0.15, -0.1) is 0 Å². The van der Waals surface area contributed by atoms with Gasteiger partial charge in [0.2, 0.25) is 0 Å². The number of fused-ring (bicyclic) bond motifs is 2. The van der Waals surface area contributed by atoms with Gasteiger partial charge in [0, 0.05) is 47.4 Å². The molecule has 2 aliphatic heterocycles. The van der Waals surface area contributed by atoms with Gasteiger partial charge in [-0.3, -0.25) is 0 Å². The van der Waals surface area contributed by atoms with Crippen LogP contribution in [0.4, 0.5) is 0 Å². The average molecular weight is 833 g/mol. The quantitative estimate of drug-likeness (QED) is 0.164. The van der Waals surface area contributed by atoms with E-state index in [1.165, 1.54) is 19.6 Å². The number of amidine groups is 2. The lowest BCUT2D eigenvalue weighted by Crippen LogP contribution is -2.34. The highest BCUT2D eigenvalue weighted by molar-refractivity contribution is 8.05. The molecule has 0 saturated heterocycles. The van der Waals surface area contributed by atoms with Gasteiger partial charge in [-0.2, -0.15) is 0 Å². The van der Waals surface area contributed by atoms with E-state index in [2.05, 4.69) is 133 Å². The molecule has 1 N–H and O–H groups in total. The summed E-state index contributed by atoms with van der Waals surface area (Å²) in [4.78, 5) is 30.0. The molecule has 0 saturated carbocycles. The van der Waals surface area contributed by atoms with Crippen LogP contribution in [-0.4, -0.2) is 26.6 Å². The standard InChI is InChI=1S/C54H36N6S2/c1-4-14-38(15-5-1)49-55-50(39-16-6-2-7-17-39)58-53(57-49)43-21-12-20-42(34-43)37-28-26-35(27-29-37)36-30-32-41(33-31-36)52-56-51(40-18-8-3-9-19-40)59-54(60-52)44-22-13-25-47-48(44)62-46-24-11-10-23-45(46)61-47/h1-34,52H,(H,56,59,60). The van der Waals surface area contributed by atoms with E-state index in [9.17, 15) is 0 Å². The molecule has 3 heterocycles. The minimum atomic E-state index is -0.317. The molecule has 1 unspecified atom stereocenters. The Kier molecular flexibility index (Phi) is 10.1. The van der Waals surface area contributed by atoms with Gasteiger partial charge >= 0.3 is 0 Å². The highest BCUT2D eigenvalue weighted by atomic mass is 32.2. The maximum Gasteiger partial charge on any atom is 0.164 e. The molecule has 0 amide bonds. The van der Waals surface area contributed by atoms with Crippen molar-refractivity contribution >= 4 is 35.2 Å². The van der Waals surface area contributed by atoms with E-state index >= 15 is 0 Å². The van der Waals surface area contributed by atoms with Crippen molar-refractivity contribution in [3.63, 3.8) is 0 Å². The molecule has 8 heteroatoms. The van der Waals surface area contributed by atoms with Crippen molar-refractivity contribution in [2.75, 3.05) is 0 Å². The Hall–Kier alpha value is -7.39. The number of rotatable bonds is 8. The van der Waals surface area contributed by atoms with Crippen molar-refractivity contribution in [3.05, 3.63) is 223 Å². The second kappa shape index (κ2) is 16.6. The molecule has 2 aliphatic rings. The van der Waals surface area contributed by atoms with Gasteiger partial charge in [-0.05, 0) is 52.1 Å². The lowest BCUT2D eigenvalue weighted by molar-refractivity contribution is 0.673. The summed E-state index contributed by atoms with van der Waals surface area (Å²) in [5, 5.41) is 3.71. The van der Waals surface area contributed by atoms with Crippen LogP contribution in [0.3, 0.4) is 0 Å². The third kappa shape index (κ3) is 7.62. The van der Waals surface area contributed by atoms with E-state index < -0.39 is 0 Å². The Morgan fingerprint density at radius 2 is 0.839 bits per heavy atom. The molecule has 0 bridgehead atoms. The smallest absolute Gasteiger partial charge is 0.164 e. The third-order valence-electron chi connectivity index (χ3n) is 10.9. The van der Waals surface area contributed by atoms with Crippen LogP contribution < -0.4 is 5.32 Å². The molecular formula is C54H36N6S2. The Morgan fingerprint density at radius 1 is 0.371 bits per heavy atom. The fourth-order valence-corrected chi connectivity index (χ4v) is 10.1. The Balaban J connectivity index is 0.864. The highest BCUT2D eigenvalue weighted by Crippen LogP contribution is 2.49. The number of aromatic nitrogens is 3. The molecule has 0 radical (unpaired) electrons. The number of nitrogens with zero attached hydrogens (tertiary/aromatic N) is 5. The van der Waals surface area contributed by atoms with Crippen molar-refractivity contribution < 1.29 is 0 Å². The van der Waals surface area contributed by atoms with Gasteiger partial charge in [0.1, 0.15) is 12.0 Å². The molecule has 11 rings (SSSR count). The summed E-state index contributed by atoms with van der Waals surface area (Å²) in [5.41, 5.74) is 10.4. The summed E-state index contributed by atoms with van der Waals surface area (Å²) < 4.78 is 0. The first-order valence-corrected chi connectivity index (χ1v) is 22.1. The van der Waals surface area contributed by atoms with Crippen molar-refractivity contribution in [2.24, 2.45) is 9.98 Å². The molecule has 0 fully saturated rings. The van der Waals surface area contributed by atoms with Crippen LogP contribution in [-0.2, 0) is 0 Å². The molecular weight excluding hydrogens is 797 g/mol. The Bertz CT molecular complexity index is 3080. The summed E-state index contributed by atoms with van der Waals surface area (Å²) in [7, 11) is 0. The zero-order valence-electron chi connectivity index (χ0n) is 33.3. The van der Waals surface area contributed by atoms with E-state index in [1.54, 1.807) is 11.8 Å². The summed E-state index contributed by atoms with van der Waals surface area (Å²) in [6, 6.07) is 71.3. The van der Waals surface area contributed by atoms with E-state index in [0.29, 0.717) is 23.3 Å². The number of benzene rings is 8. The molecule has 0 aliphatic carbocycles. The molecule has 1 atom stereocenters. The van der Waals surface area contributed by atoms with E-state index in [-0.39, 0.29) is 6.17 Å². The lowest BCUT2D eigenvalue weighted by Gasteiger charge is -2.26. The summed E-state index contributed by atoms with van der Waals surface area (Å²) in [5.74, 6) is 3.45. The van der Waals surface area contributed by atoms with Gasteiger partial charge in [-0.1, -0.05) is 206 Å². The second-order valence-corrected chi connectivity index (χ2v) is 17.1. The third-order valence-corrected chi connectivity index (χ3v) is 13.5. The first kappa shape index (κ1) is 37.6. The molecule has 9 aromatic rings. The van der Waals surface area contributed by atoms with E-state index in [0.717, 1.165) is 61.5 Å². The van der Waals surface area contributed by atoms with E-state index in [4.69, 9.17) is 24.9 Å². The SMILES string of the molecule is c1ccc(C2=NC(c3ccc(-c4ccc(-c5cccc(-c6nc(-c7ccccc7)nc(-c7ccccc7)n6)c5)cc4)cc3)NC(c3cccc4c3Sc3ccccc3S4)=N2)cc1. The van der Waals surface area contributed by atoms with Crippen molar-refractivity contribution in [1.29, 1.82) is 0 Å². The number of aliphatic imine (C=N–C) groups is 2. The van der Waals surface area contributed by atoms with Gasteiger partial charge in [0.15, 0.2) is 23.3 Å². The normalized spacial score (nSPS) is 14.2. The molecule has 62 heavy (non-hydrogen) atoms. The molecule has 8 aromatic carbocycles. The second-order valence-electron chi connectivity index (χ2n) is 14.9. The predicted molar refractivity (Wildman–Crippen MR) is 254 cm³/mol.